The van der Waals surface area contributed by atoms with Crippen LogP contribution in [0.1, 0.15) is 34.6 Å². The van der Waals surface area contributed by atoms with Crippen LogP contribution >= 0.6 is 0 Å². The first kappa shape index (κ1) is 19.1. The molecule has 2 heterocycles. The lowest BCUT2D eigenvalue weighted by atomic mass is 10.00. The molecule has 7 nitrogen and oxygen atoms in total. The second-order valence-electron chi connectivity index (χ2n) is 7.00. The van der Waals surface area contributed by atoms with Crippen molar-refractivity contribution in [2.75, 3.05) is 20.2 Å². The van der Waals surface area contributed by atoms with Crippen LogP contribution in [0.5, 0.6) is 0 Å². The summed E-state index contributed by atoms with van der Waals surface area (Å²) in [6, 6.07) is 7.56. The van der Waals surface area contributed by atoms with Crippen LogP contribution in [0, 0.1) is 13.8 Å². The van der Waals surface area contributed by atoms with Crippen molar-refractivity contribution in [3.8, 4) is 11.1 Å². The van der Waals surface area contributed by atoms with E-state index in [0.29, 0.717) is 12.1 Å². The fourth-order valence-corrected chi connectivity index (χ4v) is 3.72. The Morgan fingerprint density at radius 1 is 1.33 bits per heavy atom. The summed E-state index contributed by atoms with van der Waals surface area (Å²) in [5.41, 5.74) is 9.44. The maximum Gasteiger partial charge on any atom is 0.253 e. The molecule has 2 aromatic rings. The molecule has 0 saturated carbocycles. The van der Waals surface area contributed by atoms with Gasteiger partial charge in [0, 0.05) is 37.0 Å². The number of amides is 2. The summed E-state index contributed by atoms with van der Waals surface area (Å²) >= 11 is 0. The molecule has 0 unspecified atom stereocenters. The number of hydrogen-bond donors (Lipinski definition) is 1. The quantitative estimate of drug-likeness (QED) is 0.870. The van der Waals surface area contributed by atoms with E-state index in [0.717, 1.165) is 41.9 Å². The minimum absolute atomic E-state index is 0.0124. The Labute approximate surface area is 159 Å². The summed E-state index contributed by atoms with van der Waals surface area (Å²) in [5, 5.41) is 4.42. The van der Waals surface area contributed by atoms with E-state index < -0.39 is 5.91 Å². The molecule has 3 rings (SSSR count). The van der Waals surface area contributed by atoms with Crippen LogP contribution in [0.15, 0.2) is 24.3 Å². The lowest BCUT2D eigenvalue weighted by molar-refractivity contribution is -0.118. The van der Waals surface area contributed by atoms with E-state index in [1.807, 2.05) is 43.0 Å². The van der Waals surface area contributed by atoms with Gasteiger partial charge in [0.1, 0.15) is 6.54 Å². The highest BCUT2D eigenvalue weighted by molar-refractivity contribution is 5.95. The van der Waals surface area contributed by atoms with E-state index in [4.69, 9.17) is 10.5 Å². The Bertz CT molecular complexity index is 859. The molecule has 7 heteroatoms. The Morgan fingerprint density at radius 2 is 2.11 bits per heavy atom. The van der Waals surface area contributed by atoms with Crippen molar-refractivity contribution in [2.24, 2.45) is 5.73 Å². The molecule has 0 bridgehead atoms. The lowest BCUT2D eigenvalue weighted by Crippen LogP contribution is -2.42. The van der Waals surface area contributed by atoms with Gasteiger partial charge in [-0.2, -0.15) is 5.10 Å². The summed E-state index contributed by atoms with van der Waals surface area (Å²) < 4.78 is 7.03. The van der Waals surface area contributed by atoms with Gasteiger partial charge in [-0.25, -0.2) is 0 Å². The van der Waals surface area contributed by atoms with Gasteiger partial charge in [-0.15, -0.1) is 0 Å². The van der Waals surface area contributed by atoms with Gasteiger partial charge in [0.15, 0.2) is 0 Å². The van der Waals surface area contributed by atoms with Gasteiger partial charge in [-0.1, -0.05) is 12.1 Å². The number of likely N-dealkylation sites (tertiary alicyclic amines) is 1. The number of ether oxygens (including phenoxy) is 1. The zero-order valence-corrected chi connectivity index (χ0v) is 16.1. The van der Waals surface area contributed by atoms with E-state index >= 15 is 0 Å². The summed E-state index contributed by atoms with van der Waals surface area (Å²) in [6.45, 7) is 5.20. The van der Waals surface area contributed by atoms with E-state index in [1.54, 1.807) is 11.8 Å². The minimum Gasteiger partial charge on any atom is -0.380 e. The highest BCUT2D eigenvalue weighted by atomic mass is 16.5. The SMILES string of the molecule is CO[C@@H]1CCCN(C(=O)c2cccc(-c3c(C)nn(CC(N)=O)c3C)c2)C1. The van der Waals surface area contributed by atoms with Crippen LogP contribution in [-0.2, 0) is 16.1 Å². The second-order valence-corrected chi connectivity index (χ2v) is 7.00. The number of carbonyl (C=O) groups excluding carboxylic acids is 2. The first-order valence-corrected chi connectivity index (χ1v) is 9.15. The number of aryl methyl sites for hydroxylation is 1. The van der Waals surface area contributed by atoms with Crippen molar-refractivity contribution in [1.29, 1.82) is 0 Å². The first-order chi connectivity index (χ1) is 12.9. The molecule has 1 aliphatic heterocycles. The number of benzene rings is 1. The van der Waals surface area contributed by atoms with Crippen molar-refractivity contribution in [1.82, 2.24) is 14.7 Å². The molecule has 1 atom stereocenters. The van der Waals surface area contributed by atoms with E-state index in [1.165, 1.54) is 0 Å². The van der Waals surface area contributed by atoms with Crippen molar-refractivity contribution in [3.63, 3.8) is 0 Å². The summed E-state index contributed by atoms with van der Waals surface area (Å²) in [6.07, 6.45) is 2.03. The van der Waals surface area contributed by atoms with E-state index in [9.17, 15) is 9.59 Å². The molecule has 1 aromatic heterocycles. The first-order valence-electron chi connectivity index (χ1n) is 9.15. The van der Waals surface area contributed by atoms with Crippen molar-refractivity contribution < 1.29 is 14.3 Å². The number of methoxy groups -OCH3 is 1. The molecule has 2 amide bonds. The van der Waals surface area contributed by atoms with Crippen molar-refractivity contribution >= 4 is 11.8 Å². The summed E-state index contributed by atoms with van der Waals surface area (Å²) in [4.78, 5) is 26.1. The molecule has 1 aliphatic rings. The maximum absolute atomic E-state index is 13.0. The molecule has 0 radical (unpaired) electrons. The highest BCUT2D eigenvalue weighted by Gasteiger charge is 2.25. The number of carbonyl (C=O) groups is 2. The van der Waals surface area contributed by atoms with Crippen LogP contribution < -0.4 is 5.73 Å². The second kappa shape index (κ2) is 7.92. The van der Waals surface area contributed by atoms with E-state index in [-0.39, 0.29) is 18.6 Å². The number of rotatable bonds is 5. The molecule has 1 saturated heterocycles. The van der Waals surface area contributed by atoms with Crippen LogP contribution in [-0.4, -0.2) is 52.8 Å². The average Bonchev–Trinajstić information content (AvgIpc) is 2.94. The number of nitrogens with two attached hydrogens (primary N) is 1. The lowest BCUT2D eigenvalue weighted by Gasteiger charge is -2.32. The third kappa shape index (κ3) is 4.03. The summed E-state index contributed by atoms with van der Waals surface area (Å²) in [5.74, 6) is -0.424. The van der Waals surface area contributed by atoms with E-state index in [2.05, 4.69) is 5.10 Å². The highest BCUT2D eigenvalue weighted by Crippen LogP contribution is 2.28. The predicted molar refractivity (Wildman–Crippen MR) is 102 cm³/mol. The summed E-state index contributed by atoms with van der Waals surface area (Å²) in [7, 11) is 1.69. The number of primary amides is 1. The van der Waals surface area contributed by atoms with Gasteiger partial charge in [0.25, 0.3) is 5.91 Å². The van der Waals surface area contributed by atoms with Gasteiger partial charge < -0.3 is 15.4 Å². The molecule has 1 aromatic carbocycles. The third-order valence-electron chi connectivity index (χ3n) is 5.08. The predicted octanol–water partition coefficient (Wildman–Crippen LogP) is 1.90. The number of aromatic nitrogens is 2. The van der Waals surface area contributed by atoms with Crippen molar-refractivity contribution in [3.05, 3.63) is 41.2 Å². The van der Waals surface area contributed by atoms with Gasteiger partial charge >= 0.3 is 0 Å². The number of nitrogens with zero attached hydrogens (tertiary/aromatic N) is 3. The van der Waals surface area contributed by atoms with Crippen molar-refractivity contribution in [2.45, 2.75) is 39.3 Å². The zero-order chi connectivity index (χ0) is 19.6. The standard InChI is InChI=1S/C20H26N4O3/c1-13-19(14(2)24(22-13)12-18(21)25)15-6-4-7-16(10-15)20(26)23-9-5-8-17(11-23)27-3/h4,6-7,10,17H,5,8-9,11-12H2,1-3H3,(H2,21,25)/t17-/m1/s1. The molecule has 1 fully saturated rings. The van der Waals surface area contributed by atoms with Gasteiger partial charge in [-0.3, -0.25) is 14.3 Å². The topological polar surface area (TPSA) is 90.4 Å². The molecular formula is C20H26N4O3. The maximum atomic E-state index is 13.0. The minimum atomic E-state index is -0.436. The fraction of sp³-hybridized carbons (Fsp3) is 0.450. The molecule has 2 N–H and O–H groups in total. The average molecular weight is 370 g/mol. The fourth-order valence-electron chi connectivity index (χ4n) is 3.72. The third-order valence-corrected chi connectivity index (χ3v) is 5.08. The van der Waals surface area contributed by atoms with Crippen LogP contribution in [0.3, 0.4) is 0 Å². The Kier molecular flexibility index (Phi) is 5.60. The number of hydrogen-bond acceptors (Lipinski definition) is 4. The van der Waals surface area contributed by atoms with Crippen LogP contribution in [0.4, 0.5) is 0 Å². The molecular weight excluding hydrogens is 344 g/mol. The molecule has 0 spiro atoms. The van der Waals surface area contributed by atoms with Gasteiger partial charge in [0.05, 0.1) is 11.8 Å². The zero-order valence-electron chi connectivity index (χ0n) is 16.1. The van der Waals surface area contributed by atoms with Crippen LogP contribution in [0.25, 0.3) is 11.1 Å². The molecule has 27 heavy (non-hydrogen) atoms. The van der Waals surface area contributed by atoms with Crippen LogP contribution in [0.2, 0.25) is 0 Å². The molecule has 0 aliphatic carbocycles. The Morgan fingerprint density at radius 3 is 2.81 bits per heavy atom. The Balaban J connectivity index is 1.89. The molecule has 144 valence electrons. The largest absolute Gasteiger partial charge is 0.380 e. The monoisotopic (exact) mass is 370 g/mol. The Hall–Kier alpha value is -2.67. The van der Waals surface area contributed by atoms with Gasteiger partial charge in [0.2, 0.25) is 5.91 Å². The smallest absolute Gasteiger partial charge is 0.253 e. The normalized spacial score (nSPS) is 17.1. The number of piperidine rings is 1. The van der Waals surface area contributed by atoms with Gasteiger partial charge in [-0.05, 0) is 44.4 Å².